The highest BCUT2D eigenvalue weighted by Crippen LogP contribution is 2.42. The Kier molecular flexibility index (Phi) is 34.5. The first-order valence-electron chi connectivity index (χ1n) is 42.2. The molecule has 1 fully saturated rings. The van der Waals surface area contributed by atoms with Crippen LogP contribution in [-0.4, -0.2) is 30.1 Å². The SMILES string of the molecule is C1CC1.CSc1ccc(Sc2ccc(SC(=CC(=O)Oc3ccc(/C(=C(\c4ccccc4)c4ccc(OC(=O)C=C(C)c5ccccc5)cc4)c4ccccc4)cc3)c3ccccc3)cc2)cc1.O=C(C#Cc1ccccc1)Oc1ccc(/C(=C(\c2ccccc2)c2ccc(OC(=O)C#Cc3ccccc3)cc2)c2ccccc2)cc1.Sc1ccc(Sc2ccc(S)cc2)cc1. The minimum absolute atomic E-state index is 0.390. The van der Waals surface area contributed by atoms with Crippen LogP contribution >= 0.6 is 72.3 Å². The minimum atomic E-state index is -0.637. The van der Waals surface area contributed by atoms with E-state index in [9.17, 15) is 19.2 Å². The van der Waals surface area contributed by atoms with Gasteiger partial charge in [-0.25, -0.2) is 19.2 Å². The van der Waals surface area contributed by atoms with Gasteiger partial charge in [0.15, 0.2) is 0 Å². The molecule has 1 saturated carbocycles. The molecule has 1 aliphatic carbocycles. The van der Waals surface area contributed by atoms with E-state index in [1.54, 1.807) is 65.6 Å². The number of carbonyl (C=O) groups is 4. The third-order valence-corrected chi connectivity index (χ3v) is 24.3. The Labute approximate surface area is 794 Å². The zero-order chi connectivity index (χ0) is 90.6. The number of benzene rings is 16. The summed E-state index contributed by atoms with van der Waals surface area (Å²) in [4.78, 5) is 61.3. The predicted molar refractivity (Wildman–Crippen MR) is 545 cm³/mol. The van der Waals surface area contributed by atoms with Crippen LogP contribution in [0, 0.1) is 23.7 Å². The average Bonchev–Trinajstić information content (AvgIpc) is 1.14. The summed E-state index contributed by atoms with van der Waals surface area (Å²) in [5.74, 6) is 10.2. The number of esters is 4. The maximum Gasteiger partial charge on any atom is 0.390 e. The Bertz CT molecular complexity index is 6520. The van der Waals surface area contributed by atoms with Gasteiger partial charge < -0.3 is 18.9 Å². The van der Waals surface area contributed by atoms with Crippen molar-refractivity contribution in [1.29, 1.82) is 0 Å². The summed E-state index contributed by atoms with van der Waals surface area (Å²) >= 11 is 15.2. The minimum Gasteiger partial charge on any atom is -0.423 e. The van der Waals surface area contributed by atoms with Crippen LogP contribution in [0.2, 0.25) is 0 Å². The molecule has 14 heteroatoms. The lowest BCUT2D eigenvalue weighted by Gasteiger charge is -2.18. The Morgan fingerprint density at radius 3 is 0.809 bits per heavy atom. The van der Waals surface area contributed by atoms with Gasteiger partial charge in [0.1, 0.15) is 23.0 Å². The van der Waals surface area contributed by atoms with E-state index in [1.165, 1.54) is 56.7 Å². The van der Waals surface area contributed by atoms with Crippen molar-refractivity contribution in [3.8, 4) is 46.7 Å². The van der Waals surface area contributed by atoms with Crippen LogP contribution in [0.25, 0.3) is 32.8 Å². The van der Waals surface area contributed by atoms with Crippen molar-refractivity contribution in [3.63, 3.8) is 0 Å². The number of ether oxygens (including phenoxy) is 4. The molecule has 0 N–H and O–H groups in total. The highest BCUT2D eigenvalue weighted by Gasteiger charge is 2.21. The van der Waals surface area contributed by atoms with Crippen molar-refractivity contribution in [1.82, 2.24) is 0 Å². The van der Waals surface area contributed by atoms with Crippen molar-refractivity contribution < 1.29 is 38.1 Å². The predicted octanol–water partition coefficient (Wildman–Crippen LogP) is 29.5. The number of thioether (sulfide) groups is 2. The monoisotopic (exact) mass is 1810 g/mol. The van der Waals surface area contributed by atoms with E-state index in [1.807, 2.05) is 298 Å². The molecule has 0 spiro atoms. The maximum absolute atomic E-state index is 13.7. The van der Waals surface area contributed by atoms with E-state index < -0.39 is 23.9 Å². The third kappa shape index (κ3) is 29.0. The quantitative estimate of drug-likeness (QED) is 0.0121. The largest absolute Gasteiger partial charge is 0.423 e. The van der Waals surface area contributed by atoms with Gasteiger partial charge in [0.2, 0.25) is 0 Å². The molecule has 17 rings (SSSR count). The first-order chi connectivity index (χ1) is 64.2. The fourth-order valence-corrected chi connectivity index (χ4v) is 16.6. The highest BCUT2D eigenvalue weighted by molar-refractivity contribution is 8.08. The van der Waals surface area contributed by atoms with Gasteiger partial charge in [-0.05, 0) is 267 Å². The number of allylic oxidation sites excluding steroid dienone is 1. The van der Waals surface area contributed by atoms with Crippen molar-refractivity contribution in [2.24, 2.45) is 0 Å². The van der Waals surface area contributed by atoms with Gasteiger partial charge in [0, 0.05) is 79.2 Å². The summed E-state index contributed by atoms with van der Waals surface area (Å²) in [7, 11) is 0. The molecule has 0 aromatic heterocycles. The lowest BCUT2D eigenvalue weighted by molar-refractivity contribution is -0.129. The Balaban J connectivity index is 0.000000182. The molecule has 0 saturated heterocycles. The van der Waals surface area contributed by atoms with E-state index in [2.05, 4.69) is 177 Å². The van der Waals surface area contributed by atoms with E-state index in [0.717, 1.165) is 119 Å². The molecule has 16 aromatic carbocycles. The summed E-state index contributed by atoms with van der Waals surface area (Å²) in [6.45, 7) is 1.89. The molecule has 640 valence electrons. The normalized spacial score (nSPS) is 11.6. The van der Waals surface area contributed by atoms with Crippen LogP contribution in [0.3, 0.4) is 0 Å². The molecule has 131 heavy (non-hydrogen) atoms. The molecule has 0 radical (unpaired) electrons. The number of hydrogen-bond donors (Lipinski definition) is 2. The summed E-state index contributed by atoms with van der Waals surface area (Å²) < 4.78 is 22.8. The maximum atomic E-state index is 13.7. The van der Waals surface area contributed by atoms with Crippen LogP contribution in [0.5, 0.6) is 23.0 Å². The molecule has 0 amide bonds. The van der Waals surface area contributed by atoms with Gasteiger partial charge in [0.05, 0.1) is 0 Å². The standard InChI is InChI=1S/C58H44O4S3.C44H28O4.C12H10S3.C3H6/c1-41(42-15-7-3-8-16-42)39-55(59)61-48-27-23-46(24-28-48)57(44-19-11-5-12-20-44)58(45-21-13-6-14-22-45)47-25-29-49(30-26-47)62-56(60)40-54(43-17-9-4-10-18-43)65-53-37-35-52(36-38-53)64-51-33-31-50(63-2)32-34-51;45-41(31-21-33-13-5-1-6-14-33)47-39-27-23-37(24-28-39)43(35-17-9-3-10-18-35)44(36-19-11-4-12-20-36)38-25-29-40(30-26-38)48-42(46)32-22-34-15-7-2-8-16-34;13-9-1-5-11(6-2-9)15-12-7-3-10(14)4-8-12;1-2-3-1/h3-40H,1-2H3;1-20,23-30H;1-8,13-14H;1-3H2/b41-39?,54-40?,58-57+;44-43+;;. The number of rotatable bonds is 23. The first-order valence-corrected chi connectivity index (χ1v) is 46.8. The third-order valence-electron chi connectivity index (χ3n) is 19.8. The Morgan fingerprint density at radius 2 is 0.511 bits per heavy atom. The van der Waals surface area contributed by atoms with Crippen LogP contribution in [0.15, 0.2) is 488 Å². The van der Waals surface area contributed by atoms with Gasteiger partial charge in [0.25, 0.3) is 0 Å². The second-order valence-corrected chi connectivity index (χ2v) is 34.8. The average molecular weight is 1810 g/mol. The lowest BCUT2D eigenvalue weighted by Crippen LogP contribution is -2.05. The molecular formula is C117H88O8S6. The van der Waals surface area contributed by atoms with E-state index in [0.29, 0.717) is 23.0 Å². The second-order valence-electron chi connectivity index (χ2n) is 29.5. The zero-order valence-corrected chi connectivity index (χ0v) is 76.7. The molecule has 1 aliphatic rings. The molecule has 16 aromatic rings. The fraction of sp³-hybridized carbons (Fsp3) is 0.0427. The van der Waals surface area contributed by atoms with Crippen molar-refractivity contribution in [3.05, 3.63) is 516 Å². The van der Waals surface area contributed by atoms with Crippen molar-refractivity contribution >= 4 is 129 Å². The fourth-order valence-electron chi connectivity index (χ4n) is 13.3. The zero-order valence-electron chi connectivity index (χ0n) is 71.6. The van der Waals surface area contributed by atoms with Crippen LogP contribution in [0.1, 0.15) is 92.9 Å². The van der Waals surface area contributed by atoms with Gasteiger partial charge in [-0.3, -0.25) is 0 Å². The van der Waals surface area contributed by atoms with E-state index in [4.69, 9.17) is 18.9 Å². The van der Waals surface area contributed by atoms with E-state index >= 15 is 0 Å². The summed E-state index contributed by atoms with van der Waals surface area (Å²) in [5.41, 5.74) is 15.8. The van der Waals surface area contributed by atoms with Gasteiger partial charge >= 0.3 is 23.9 Å². The Morgan fingerprint density at radius 1 is 0.267 bits per heavy atom. The van der Waals surface area contributed by atoms with Crippen LogP contribution in [0.4, 0.5) is 0 Å². The summed E-state index contributed by atoms with van der Waals surface area (Å²) in [6, 6.07) is 142. The lowest BCUT2D eigenvalue weighted by atomic mass is 9.86. The molecule has 0 aliphatic heterocycles. The number of carbonyl (C=O) groups excluding carboxylic acids is 4. The summed E-state index contributed by atoms with van der Waals surface area (Å²) in [5, 5.41) is 0. The van der Waals surface area contributed by atoms with Gasteiger partial charge in [-0.1, -0.05) is 333 Å². The van der Waals surface area contributed by atoms with E-state index in [-0.39, 0.29) is 0 Å². The summed E-state index contributed by atoms with van der Waals surface area (Å²) in [6.07, 6.45) is 9.65. The second kappa shape index (κ2) is 48.7. The van der Waals surface area contributed by atoms with Crippen molar-refractivity contribution in [2.75, 3.05) is 6.26 Å². The molecule has 0 bridgehead atoms. The molecule has 0 heterocycles. The Hall–Kier alpha value is -14.4. The van der Waals surface area contributed by atoms with Crippen molar-refractivity contribution in [2.45, 2.75) is 65.4 Å². The van der Waals surface area contributed by atoms with Crippen LogP contribution in [-0.2, 0) is 19.2 Å². The number of thiol groups is 2. The first kappa shape index (κ1) is 92.7. The molecule has 0 unspecified atom stereocenters. The smallest absolute Gasteiger partial charge is 0.390 e. The van der Waals surface area contributed by atoms with Gasteiger partial charge in [-0.2, -0.15) is 0 Å². The topological polar surface area (TPSA) is 105 Å². The molecular weight excluding hydrogens is 1730 g/mol. The molecule has 8 nitrogen and oxygen atoms in total. The number of hydrogen-bond acceptors (Lipinski definition) is 14. The highest BCUT2D eigenvalue weighted by atomic mass is 32.2. The molecule has 0 atom stereocenters. The van der Waals surface area contributed by atoms with Crippen LogP contribution < -0.4 is 18.9 Å². The van der Waals surface area contributed by atoms with Gasteiger partial charge in [-0.15, -0.1) is 37.0 Å².